The summed E-state index contributed by atoms with van der Waals surface area (Å²) in [5, 5.41) is 14.2. The van der Waals surface area contributed by atoms with Gasteiger partial charge in [0.05, 0.1) is 6.61 Å². The van der Waals surface area contributed by atoms with E-state index in [0.29, 0.717) is 5.69 Å². The SMILES string of the molecule is Cc1cccc(Nc2cc(C(F)(F)F)nc(NCCO)n2)c1C. The zero-order valence-electron chi connectivity index (χ0n) is 12.7. The van der Waals surface area contributed by atoms with E-state index in [-0.39, 0.29) is 24.9 Å². The van der Waals surface area contributed by atoms with E-state index in [0.717, 1.165) is 17.2 Å². The number of aromatic nitrogens is 2. The molecule has 0 aliphatic rings. The van der Waals surface area contributed by atoms with Gasteiger partial charge in [-0.05, 0) is 31.0 Å². The lowest BCUT2D eigenvalue weighted by molar-refractivity contribution is -0.141. The molecule has 3 N–H and O–H groups in total. The Morgan fingerprint density at radius 1 is 1.17 bits per heavy atom. The predicted molar refractivity (Wildman–Crippen MR) is 81.8 cm³/mol. The first-order valence-electron chi connectivity index (χ1n) is 6.95. The Balaban J connectivity index is 2.38. The van der Waals surface area contributed by atoms with Crippen LogP contribution in [0.2, 0.25) is 0 Å². The highest BCUT2D eigenvalue weighted by Gasteiger charge is 2.33. The topological polar surface area (TPSA) is 70.1 Å². The molecule has 0 bridgehead atoms. The van der Waals surface area contributed by atoms with Crippen molar-refractivity contribution in [2.24, 2.45) is 0 Å². The van der Waals surface area contributed by atoms with E-state index >= 15 is 0 Å². The number of nitrogens with one attached hydrogen (secondary N) is 2. The first kappa shape index (κ1) is 17.0. The number of hydrogen-bond acceptors (Lipinski definition) is 5. The molecule has 5 nitrogen and oxygen atoms in total. The number of rotatable bonds is 5. The van der Waals surface area contributed by atoms with Crippen molar-refractivity contribution in [3.8, 4) is 0 Å². The standard InChI is InChI=1S/C15H17F3N4O/c1-9-4-3-5-11(10(9)2)20-13-8-12(15(16,17)18)21-14(22-13)19-6-7-23/h3-5,8,23H,6-7H2,1-2H3,(H2,19,20,21,22). The van der Waals surface area contributed by atoms with E-state index < -0.39 is 11.9 Å². The molecule has 0 unspecified atom stereocenters. The molecule has 0 radical (unpaired) electrons. The second-order valence-corrected chi connectivity index (χ2v) is 4.98. The molecule has 0 amide bonds. The van der Waals surface area contributed by atoms with Gasteiger partial charge in [-0.2, -0.15) is 18.2 Å². The summed E-state index contributed by atoms with van der Waals surface area (Å²) in [6.45, 7) is 3.61. The van der Waals surface area contributed by atoms with E-state index in [1.165, 1.54) is 0 Å². The molecule has 0 fully saturated rings. The highest BCUT2D eigenvalue weighted by molar-refractivity contribution is 5.63. The molecular weight excluding hydrogens is 309 g/mol. The quantitative estimate of drug-likeness (QED) is 0.787. The second kappa shape index (κ2) is 6.82. The lowest BCUT2D eigenvalue weighted by Crippen LogP contribution is -2.15. The van der Waals surface area contributed by atoms with Gasteiger partial charge in [0, 0.05) is 18.3 Å². The maximum Gasteiger partial charge on any atom is 0.433 e. The Morgan fingerprint density at radius 3 is 2.57 bits per heavy atom. The average molecular weight is 326 g/mol. The lowest BCUT2D eigenvalue weighted by atomic mass is 10.1. The molecule has 1 heterocycles. The average Bonchev–Trinajstić information content (AvgIpc) is 2.49. The van der Waals surface area contributed by atoms with E-state index in [1.54, 1.807) is 12.1 Å². The van der Waals surface area contributed by atoms with Gasteiger partial charge in [0.15, 0.2) is 5.69 Å². The summed E-state index contributed by atoms with van der Waals surface area (Å²) in [5.74, 6) is -0.164. The van der Waals surface area contributed by atoms with E-state index in [4.69, 9.17) is 5.11 Å². The van der Waals surface area contributed by atoms with Gasteiger partial charge in [-0.25, -0.2) is 4.98 Å². The summed E-state index contributed by atoms with van der Waals surface area (Å²) in [5.41, 5.74) is 1.55. The van der Waals surface area contributed by atoms with Gasteiger partial charge in [0.1, 0.15) is 5.82 Å². The van der Waals surface area contributed by atoms with E-state index in [9.17, 15) is 13.2 Å². The fraction of sp³-hybridized carbons (Fsp3) is 0.333. The zero-order valence-corrected chi connectivity index (χ0v) is 12.7. The maximum absolute atomic E-state index is 13.0. The summed E-state index contributed by atoms with van der Waals surface area (Å²) in [6, 6.07) is 6.34. The molecule has 0 spiro atoms. The fourth-order valence-electron chi connectivity index (χ4n) is 1.93. The molecule has 0 aliphatic heterocycles. The predicted octanol–water partition coefficient (Wildman–Crippen LogP) is 3.26. The monoisotopic (exact) mass is 326 g/mol. The van der Waals surface area contributed by atoms with Crippen molar-refractivity contribution in [3.63, 3.8) is 0 Å². The normalized spacial score (nSPS) is 11.4. The van der Waals surface area contributed by atoms with Crippen LogP contribution in [0.25, 0.3) is 0 Å². The summed E-state index contributed by atoms with van der Waals surface area (Å²) < 4.78 is 38.9. The molecule has 23 heavy (non-hydrogen) atoms. The number of anilines is 3. The molecule has 0 saturated carbocycles. The van der Waals surface area contributed by atoms with Crippen LogP contribution in [0.15, 0.2) is 24.3 Å². The maximum atomic E-state index is 13.0. The Kier molecular flexibility index (Phi) is 5.05. The van der Waals surface area contributed by atoms with Gasteiger partial charge in [-0.1, -0.05) is 12.1 Å². The van der Waals surface area contributed by atoms with Crippen LogP contribution in [0.5, 0.6) is 0 Å². The number of alkyl halides is 3. The number of halogens is 3. The first-order chi connectivity index (χ1) is 10.8. The van der Waals surface area contributed by atoms with E-state index in [2.05, 4.69) is 20.6 Å². The van der Waals surface area contributed by atoms with Crippen molar-refractivity contribution >= 4 is 17.5 Å². The molecule has 124 valence electrons. The van der Waals surface area contributed by atoms with Crippen LogP contribution < -0.4 is 10.6 Å². The molecule has 0 aliphatic carbocycles. The minimum absolute atomic E-state index is 0.0291. The largest absolute Gasteiger partial charge is 0.433 e. The van der Waals surface area contributed by atoms with Crippen molar-refractivity contribution < 1.29 is 18.3 Å². The van der Waals surface area contributed by atoms with Crippen LogP contribution >= 0.6 is 0 Å². The highest BCUT2D eigenvalue weighted by atomic mass is 19.4. The number of hydrogen-bond donors (Lipinski definition) is 3. The van der Waals surface area contributed by atoms with Crippen molar-refractivity contribution in [3.05, 3.63) is 41.1 Å². The molecule has 2 aromatic rings. The van der Waals surface area contributed by atoms with Crippen LogP contribution in [0, 0.1) is 13.8 Å². The van der Waals surface area contributed by atoms with E-state index in [1.807, 2.05) is 19.9 Å². The number of benzene rings is 1. The number of aliphatic hydroxyl groups excluding tert-OH is 1. The Morgan fingerprint density at radius 2 is 1.91 bits per heavy atom. The molecule has 8 heteroatoms. The molecule has 2 rings (SSSR count). The first-order valence-corrected chi connectivity index (χ1v) is 6.95. The highest BCUT2D eigenvalue weighted by Crippen LogP contribution is 2.31. The Hall–Kier alpha value is -2.35. The van der Waals surface area contributed by atoms with Gasteiger partial charge in [-0.3, -0.25) is 0 Å². The van der Waals surface area contributed by atoms with Crippen molar-refractivity contribution in [1.82, 2.24) is 9.97 Å². The number of aliphatic hydroxyl groups is 1. The van der Waals surface area contributed by atoms with Gasteiger partial charge in [0.2, 0.25) is 5.95 Å². The summed E-state index contributed by atoms with van der Waals surface area (Å²) in [7, 11) is 0. The summed E-state index contributed by atoms with van der Waals surface area (Å²) in [6.07, 6.45) is -4.59. The van der Waals surface area contributed by atoms with Gasteiger partial charge in [-0.15, -0.1) is 0 Å². The van der Waals surface area contributed by atoms with Gasteiger partial charge in [0.25, 0.3) is 0 Å². The Bertz CT molecular complexity index is 689. The summed E-state index contributed by atoms with van der Waals surface area (Å²) >= 11 is 0. The van der Waals surface area contributed by atoms with Gasteiger partial charge >= 0.3 is 6.18 Å². The van der Waals surface area contributed by atoms with Crippen molar-refractivity contribution in [2.45, 2.75) is 20.0 Å². The smallest absolute Gasteiger partial charge is 0.395 e. The van der Waals surface area contributed by atoms with Crippen LogP contribution in [0.1, 0.15) is 16.8 Å². The molecule has 1 aromatic heterocycles. The molecule has 1 aromatic carbocycles. The molecule has 0 saturated heterocycles. The van der Waals surface area contributed by atoms with Crippen molar-refractivity contribution in [2.75, 3.05) is 23.8 Å². The van der Waals surface area contributed by atoms with Gasteiger partial charge < -0.3 is 15.7 Å². The number of aryl methyl sites for hydroxylation is 1. The minimum atomic E-state index is -4.59. The van der Waals surface area contributed by atoms with Crippen molar-refractivity contribution in [1.29, 1.82) is 0 Å². The van der Waals surface area contributed by atoms with Crippen LogP contribution in [0.3, 0.4) is 0 Å². The molecule has 0 atom stereocenters. The van der Waals surface area contributed by atoms with Crippen LogP contribution in [-0.2, 0) is 6.18 Å². The van der Waals surface area contributed by atoms with Crippen LogP contribution in [0.4, 0.5) is 30.6 Å². The lowest BCUT2D eigenvalue weighted by Gasteiger charge is -2.14. The third-order valence-corrected chi connectivity index (χ3v) is 3.28. The fourth-order valence-corrected chi connectivity index (χ4v) is 1.93. The van der Waals surface area contributed by atoms with Crippen LogP contribution in [-0.4, -0.2) is 28.2 Å². The number of nitrogens with zero attached hydrogens (tertiary/aromatic N) is 2. The zero-order chi connectivity index (χ0) is 17.0. The summed E-state index contributed by atoms with van der Waals surface area (Å²) in [4.78, 5) is 7.43. The minimum Gasteiger partial charge on any atom is -0.395 e. The molecular formula is C15H17F3N4O. The Labute approximate surface area is 131 Å². The third kappa shape index (κ3) is 4.32. The third-order valence-electron chi connectivity index (χ3n) is 3.28. The second-order valence-electron chi connectivity index (χ2n) is 4.98.